The zero-order valence-corrected chi connectivity index (χ0v) is 14.5. The third-order valence-electron chi connectivity index (χ3n) is 3.73. The van der Waals surface area contributed by atoms with E-state index in [0.29, 0.717) is 5.02 Å². The monoisotopic (exact) mass is 385 g/mol. The summed E-state index contributed by atoms with van der Waals surface area (Å²) in [5.74, 6) is 0.766. The molecule has 2 nitrogen and oxygen atoms in total. The number of methoxy groups -OCH3 is 1. The minimum atomic E-state index is 0.247. The maximum absolute atomic E-state index is 6.14. The molecule has 0 saturated heterocycles. The van der Waals surface area contributed by atoms with Crippen LogP contribution in [-0.2, 0) is 6.42 Å². The summed E-state index contributed by atoms with van der Waals surface area (Å²) in [5.41, 5.74) is 3.49. The fourth-order valence-corrected chi connectivity index (χ4v) is 3.97. The maximum atomic E-state index is 6.14. The number of aryl methyl sites for hydroxylation is 1. The Hall–Kier alpha value is -0.900. The van der Waals surface area contributed by atoms with E-state index in [4.69, 9.17) is 27.9 Å². The summed E-state index contributed by atoms with van der Waals surface area (Å²) in [5, 5.41) is 4.99. The van der Waals surface area contributed by atoms with Crippen molar-refractivity contribution in [2.75, 3.05) is 12.4 Å². The van der Waals surface area contributed by atoms with Gasteiger partial charge in [0.25, 0.3) is 0 Å². The quantitative estimate of drug-likeness (QED) is 0.712. The smallest absolute Gasteiger partial charge is 0.156 e. The van der Waals surface area contributed by atoms with Crippen molar-refractivity contribution in [2.45, 2.75) is 18.9 Å². The number of hydrogen-bond acceptors (Lipinski definition) is 2. The fraction of sp³-hybridized carbons (Fsp3) is 0.250. The Kier molecular flexibility index (Phi) is 4.34. The number of benzene rings is 2. The first-order valence-electron chi connectivity index (χ1n) is 6.66. The molecule has 1 aliphatic rings. The van der Waals surface area contributed by atoms with Gasteiger partial charge in [-0.05, 0) is 64.2 Å². The van der Waals surface area contributed by atoms with Gasteiger partial charge in [0, 0.05) is 10.0 Å². The Labute approximate surface area is 142 Å². The number of nitrogens with one attached hydrogen (secondary N) is 1. The first kappa shape index (κ1) is 15.0. The van der Waals surface area contributed by atoms with Gasteiger partial charge < -0.3 is 10.1 Å². The first-order chi connectivity index (χ1) is 10.1. The molecule has 0 amide bonds. The van der Waals surface area contributed by atoms with E-state index in [1.54, 1.807) is 7.11 Å². The molecule has 1 unspecified atom stereocenters. The van der Waals surface area contributed by atoms with Crippen molar-refractivity contribution in [1.82, 2.24) is 0 Å². The second-order valence-corrected chi connectivity index (χ2v) is 6.77. The molecule has 0 bridgehead atoms. The van der Waals surface area contributed by atoms with Crippen molar-refractivity contribution >= 4 is 44.8 Å². The largest absolute Gasteiger partial charge is 0.493 e. The van der Waals surface area contributed by atoms with Crippen molar-refractivity contribution in [2.24, 2.45) is 0 Å². The zero-order valence-electron chi connectivity index (χ0n) is 11.4. The van der Waals surface area contributed by atoms with E-state index < -0.39 is 0 Å². The summed E-state index contributed by atoms with van der Waals surface area (Å²) < 4.78 is 6.30. The first-order valence-corrected chi connectivity index (χ1v) is 8.21. The predicted molar refractivity (Wildman–Crippen MR) is 91.8 cm³/mol. The molecule has 3 rings (SSSR count). The van der Waals surface area contributed by atoms with Crippen molar-refractivity contribution in [1.29, 1.82) is 0 Å². The second kappa shape index (κ2) is 6.07. The van der Waals surface area contributed by atoms with Crippen molar-refractivity contribution < 1.29 is 4.74 Å². The van der Waals surface area contributed by atoms with Crippen LogP contribution in [0.2, 0.25) is 10.0 Å². The molecule has 1 N–H and O–H groups in total. The van der Waals surface area contributed by atoms with Crippen LogP contribution in [0.1, 0.15) is 23.6 Å². The van der Waals surface area contributed by atoms with Crippen LogP contribution in [0.25, 0.3) is 0 Å². The third-order valence-corrected chi connectivity index (χ3v) is 4.77. The number of halogens is 3. The van der Waals surface area contributed by atoms with Crippen LogP contribution < -0.4 is 10.1 Å². The SMILES string of the molecule is COc1c(Br)cc(Cl)cc1NC1CCc2cc(Cl)ccc21. The summed E-state index contributed by atoms with van der Waals surface area (Å²) in [6.45, 7) is 0. The molecule has 1 aliphatic carbocycles. The van der Waals surface area contributed by atoms with Crippen LogP contribution in [0.3, 0.4) is 0 Å². The van der Waals surface area contributed by atoms with Gasteiger partial charge in [-0.25, -0.2) is 0 Å². The van der Waals surface area contributed by atoms with Gasteiger partial charge >= 0.3 is 0 Å². The average molecular weight is 387 g/mol. The van der Waals surface area contributed by atoms with Gasteiger partial charge in [-0.3, -0.25) is 0 Å². The average Bonchev–Trinajstić information content (AvgIpc) is 2.80. The Bertz CT molecular complexity index is 690. The molecule has 0 spiro atoms. The minimum Gasteiger partial charge on any atom is -0.493 e. The molecule has 110 valence electrons. The number of ether oxygens (including phenoxy) is 1. The Balaban J connectivity index is 1.93. The van der Waals surface area contributed by atoms with Crippen molar-refractivity contribution in [3.05, 3.63) is 56.0 Å². The number of hydrogen-bond donors (Lipinski definition) is 1. The predicted octanol–water partition coefficient (Wildman–Crippen LogP) is 5.86. The van der Waals surface area contributed by atoms with Gasteiger partial charge in [0.15, 0.2) is 5.75 Å². The molecule has 0 radical (unpaired) electrons. The van der Waals surface area contributed by atoms with Crippen LogP contribution in [-0.4, -0.2) is 7.11 Å². The van der Waals surface area contributed by atoms with Crippen molar-refractivity contribution in [3.63, 3.8) is 0 Å². The highest BCUT2D eigenvalue weighted by Crippen LogP contribution is 2.41. The molecule has 2 aromatic rings. The van der Waals surface area contributed by atoms with Crippen LogP contribution in [0.5, 0.6) is 5.75 Å². The molecule has 0 heterocycles. The lowest BCUT2D eigenvalue weighted by molar-refractivity contribution is 0.413. The van der Waals surface area contributed by atoms with Gasteiger partial charge in [-0.1, -0.05) is 29.3 Å². The molecular formula is C16H14BrCl2NO. The maximum Gasteiger partial charge on any atom is 0.156 e. The van der Waals surface area contributed by atoms with Gasteiger partial charge in [0.2, 0.25) is 0 Å². The van der Waals surface area contributed by atoms with Crippen LogP contribution in [0.15, 0.2) is 34.8 Å². The summed E-state index contributed by atoms with van der Waals surface area (Å²) in [6, 6.07) is 10.0. The molecule has 1 atom stereocenters. The van der Waals surface area contributed by atoms with Gasteiger partial charge in [-0.2, -0.15) is 0 Å². The van der Waals surface area contributed by atoms with E-state index >= 15 is 0 Å². The zero-order chi connectivity index (χ0) is 15.0. The Morgan fingerprint density at radius 1 is 1.19 bits per heavy atom. The highest BCUT2D eigenvalue weighted by molar-refractivity contribution is 9.10. The highest BCUT2D eigenvalue weighted by atomic mass is 79.9. The van der Waals surface area contributed by atoms with E-state index in [2.05, 4.69) is 27.3 Å². The standard InChI is InChI=1S/C16H14BrCl2NO/c1-21-16-13(17)7-11(19)8-15(16)20-14-5-2-9-6-10(18)3-4-12(9)14/h3-4,6-8,14,20H,2,5H2,1H3. The van der Waals surface area contributed by atoms with Gasteiger partial charge in [0.1, 0.15) is 0 Å². The van der Waals surface area contributed by atoms with Gasteiger partial charge in [0.05, 0.1) is 23.3 Å². The van der Waals surface area contributed by atoms with Gasteiger partial charge in [-0.15, -0.1) is 0 Å². The molecule has 21 heavy (non-hydrogen) atoms. The summed E-state index contributed by atoms with van der Waals surface area (Å²) in [4.78, 5) is 0. The Morgan fingerprint density at radius 3 is 2.76 bits per heavy atom. The van der Waals surface area contributed by atoms with E-state index in [-0.39, 0.29) is 6.04 Å². The third kappa shape index (κ3) is 3.01. The van der Waals surface area contributed by atoms with Crippen LogP contribution in [0.4, 0.5) is 5.69 Å². The summed E-state index contributed by atoms with van der Waals surface area (Å²) in [7, 11) is 1.65. The molecule has 0 saturated carbocycles. The number of rotatable bonds is 3. The highest BCUT2D eigenvalue weighted by Gasteiger charge is 2.24. The Morgan fingerprint density at radius 2 is 2.00 bits per heavy atom. The van der Waals surface area contributed by atoms with Crippen molar-refractivity contribution in [3.8, 4) is 5.75 Å². The molecule has 0 fully saturated rings. The lowest BCUT2D eigenvalue weighted by Crippen LogP contribution is -2.08. The molecule has 2 aromatic carbocycles. The lowest BCUT2D eigenvalue weighted by Gasteiger charge is -2.19. The molecule has 5 heteroatoms. The van der Waals surface area contributed by atoms with E-state index in [0.717, 1.165) is 33.8 Å². The summed E-state index contributed by atoms with van der Waals surface area (Å²) in [6.07, 6.45) is 2.06. The van der Waals surface area contributed by atoms with Crippen LogP contribution in [0, 0.1) is 0 Å². The number of anilines is 1. The van der Waals surface area contributed by atoms with E-state index in [9.17, 15) is 0 Å². The second-order valence-electron chi connectivity index (χ2n) is 5.05. The fourth-order valence-electron chi connectivity index (χ4n) is 2.80. The normalized spacial score (nSPS) is 16.7. The molecular weight excluding hydrogens is 373 g/mol. The minimum absolute atomic E-state index is 0.247. The van der Waals surface area contributed by atoms with E-state index in [1.165, 1.54) is 11.1 Å². The summed E-state index contributed by atoms with van der Waals surface area (Å²) >= 11 is 15.7. The topological polar surface area (TPSA) is 21.3 Å². The molecule has 0 aliphatic heterocycles. The van der Waals surface area contributed by atoms with Crippen LogP contribution >= 0.6 is 39.1 Å². The molecule has 0 aromatic heterocycles. The number of fused-ring (bicyclic) bond motifs is 1. The lowest BCUT2D eigenvalue weighted by atomic mass is 10.1. The van der Waals surface area contributed by atoms with E-state index in [1.807, 2.05) is 24.3 Å².